The normalized spacial score (nSPS) is 19.5. The van der Waals surface area contributed by atoms with Gasteiger partial charge < -0.3 is 19.5 Å². The molecule has 168 valence electrons. The molecule has 2 aromatic rings. The van der Waals surface area contributed by atoms with Crippen molar-refractivity contribution in [3.8, 4) is 5.75 Å². The third-order valence-electron chi connectivity index (χ3n) is 4.89. The van der Waals surface area contributed by atoms with Gasteiger partial charge in [0.25, 0.3) is 0 Å². The molecular weight excluding hydrogens is 455 g/mol. The highest BCUT2D eigenvalue weighted by Crippen LogP contribution is 2.38. The molecule has 0 radical (unpaired) electrons. The lowest BCUT2D eigenvalue weighted by molar-refractivity contribution is -0.274. The second-order valence-electron chi connectivity index (χ2n) is 6.92. The topological polar surface area (TPSA) is 89.5 Å². The Hall–Kier alpha value is -3.31. The van der Waals surface area contributed by atoms with Crippen molar-refractivity contribution in [2.45, 2.75) is 18.4 Å². The minimum Gasteiger partial charge on any atom is -0.467 e. The average Bonchev–Trinajstić information content (AvgIpc) is 3.07. The summed E-state index contributed by atoms with van der Waals surface area (Å²) in [5, 5.41) is 8.24. The Morgan fingerprint density at radius 1 is 1.22 bits per heavy atom. The number of urea groups is 1. The third-order valence-corrected chi connectivity index (χ3v) is 5.12. The van der Waals surface area contributed by atoms with Gasteiger partial charge in [-0.2, -0.15) is 10.1 Å². The number of hydrogen-bond donors (Lipinski definition) is 1. The Labute approximate surface area is 184 Å². The van der Waals surface area contributed by atoms with Crippen molar-refractivity contribution in [2.24, 2.45) is 5.10 Å². The second kappa shape index (κ2) is 7.99. The van der Waals surface area contributed by atoms with Crippen LogP contribution in [0.15, 0.2) is 47.6 Å². The van der Waals surface area contributed by atoms with Gasteiger partial charge in [-0.05, 0) is 42.0 Å². The summed E-state index contributed by atoms with van der Waals surface area (Å²) < 4.78 is 51.3. The van der Waals surface area contributed by atoms with E-state index in [0.29, 0.717) is 16.1 Å². The summed E-state index contributed by atoms with van der Waals surface area (Å²) in [4.78, 5) is 25.2. The zero-order valence-electron chi connectivity index (χ0n) is 16.4. The summed E-state index contributed by atoms with van der Waals surface area (Å²) >= 11 is 6.05. The number of methoxy groups -OCH3 is 1. The zero-order chi connectivity index (χ0) is 23.1. The number of anilines is 1. The standard InChI is InChI=1S/C20H15ClF3N3O5/c1-30-17(28)19-9-11-8-12(21)2-7-15(11)16(19)26-27(10-31-19)18(29)25-13-3-5-14(6-4-13)32-20(22,23)24/h2-8H,9-10H2,1H3,(H,25,29)/t19-/m1/s1. The van der Waals surface area contributed by atoms with E-state index in [1.165, 1.54) is 19.2 Å². The van der Waals surface area contributed by atoms with E-state index in [-0.39, 0.29) is 24.6 Å². The van der Waals surface area contributed by atoms with Crippen LogP contribution in [0.3, 0.4) is 0 Å². The van der Waals surface area contributed by atoms with Crippen LogP contribution in [0.2, 0.25) is 5.02 Å². The van der Waals surface area contributed by atoms with Crippen molar-refractivity contribution < 1.29 is 37.0 Å². The van der Waals surface area contributed by atoms with Gasteiger partial charge in [-0.15, -0.1) is 13.2 Å². The van der Waals surface area contributed by atoms with Crippen molar-refractivity contribution >= 4 is 35.0 Å². The van der Waals surface area contributed by atoms with E-state index in [4.69, 9.17) is 21.1 Å². The van der Waals surface area contributed by atoms with Gasteiger partial charge in [0.2, 0.25) is 5.60 Å². The maximum Gasteiger partial charge on any atom is 0.573 e. The molecule has 2 amide bonds. The van der Waals surface area contributed by atoms with Crippen LogP contribution in [0.5, 0.6) is 5.75 Å². The first-order valence-corrected chi connectivity index (χ1v) is 9.54. The molecule has 0 bridgehead atoms. The molecule has 2 aromatic carbocycles. The van der Waals surface area contributed by atoms with Crippen LogP contribution in [0, 0.1) is 0 Å². The van der Waals surface area contributed by atoms with Crippen molar-refractivity contribution in [3.05, 3.63) is 58.6 Å². The number of carbonyl (C=O) groups excluding carboxylic acids is 2. The van der Waals surface area contributed by atoms with E-state index in [2.05, 4.69) is 15.2 Å². The first-order valence-electron chi connectivity index (χ1n) is 9.16. The molecule has 0 saturated heterocycles. The van der Waals surface area contributed by atoms with Gasteiger partial charge >= 0.3 is 18.4 Å². The molecule has 32 heavy (non-hydrogen) atoms. The van der Waals surface area contributed by atoms with Crippen LogP contribution in [0.4, 0.5) is 23.7 Å². The lowest BCUT2D eigenvalue weighted by Gasteiger charge is -2.34. The Morgan fingerprint density at radius 2 is 1.94 bits per heavy atom. The molecule has 1 aliphatic carbocycles. The molecule has 0 unspecified atom stereocenters. The highest BCUT2D eigenvalue weighted by atomic mass is 35.5. The molecule has 1 aliphatic heterocycles. The van der Waals surface area contributed by atoms with Crippen LogP contribution >= 0.6 is 11.6 Å². The van der Waals surface area contributed by atoms with Crippen molar-refractivity contribution in [1.29, 1.82) is 0 Å². The minimum absolute atomic E-state index is 0.143. The van der Waals surface area contributed by atoms with Crippen LogP contribution < -0.4 is 10.1 Å². The number of nitrogens with zero attached hydrogens (tertiary/aromatic N) is 2. The maximum absolute atomic E-state index is 12.7. The van der Waals surface area contributed by atoms with Gasteiger partial charge in [0, 0.05) is 22.7 Å². The van der Waals surface area contributed by atoms with Gasteiger partial charge in [0.05, 0.1) is 7.11 Å². The number of rotatable bonds is 3. The molecule has 4 rings (SSSR count). The van der Waals surface area contributed by atoms with Crippen LogP contribution in [-0.2, 0) is 20.7 Å². The Balaban J connectivity index is 1.57. The Morgan fingerprint density at radius 3 is 2.59 bits per heavy atom. The van der Waals surface area contributed by atoms with E-state index < -0.39 is 29.7 Å². The summed E-state index contributed by atoms with van der Waals surface area (Å²) in [6, 6.07) is 8.85. The SMILES string of the molecule is COC(=O)[C@@]12Cc3cc(Cl)ccc3C1=NN(C(=O)Nc1ccc(OC(F)(F)F)cc1)CO2. The molecule has 1 heterocycles. The number of hydrazone groups is 1. The van der Waals surface area contributed by atoms with Crippen LogP contribution in [0.25, 0.3) is 0 Å². The number of hydrogen-bond acceptors (Lipinski definition) is 6. The number of alkyl halides is 3. The fourth-order valence-electron chi connectivity index (χ4n) is 3.51. The smallest absolute Gasteiger partial charge is 0.467 e. The van der Waals surface area contributed by atoms with Crippen LogP contribution in [-0.4, -0.2) is 48.5 Å². The van der Waals surface area contributed by atoms with E-state index in [1.807, 2.05) is 0 Å². The van der Waals surface area contributed by atoms with Gasteiger partial charge in [0.1, 0.15) is 18.2 Å². The molecule has 8 nitrogen and oxygen atoms in total. The molecule has 0 aromatic heterocycles. The zero-order valence-corrected chi connectivity index (χ0v) is 17.2. The fraction of sp³-hybridized carbons (Fsp3) is 0.250. The van der Waals surface area contributed by atoms with Gasteiger partial charge in [0.15, 0.2) is 0 Å². The van der Waals surface area contributed by atoms with Gasteiger partial charge in [-0.25, -0.2) is 9.59 Å². The monoisotopic (exact) mass is 469 g/mol. The quantitative estimate of drug-likeness (QED) is 0.688. The summed E-state index contributed by atoms with van der Waals surface area (Å²) in [5.74, 6) is -1.09. The highest BCUT2D eigenvalue weighted by molar-refractivity contribution is 6.31. The number of ether oxygens (including phenoxy) is 3. The van der Waals surface area contributed by atoms with E-state index >= 15 is 0 Å². The molecule has 0 saturated carbocycles. The maximum atomic E-state index is 12.7. The van der Waals surface area contributed by atoms with E-state index in [1.54, 1.807) is 18.2 Å². The van der Waals surface area contributed by atoms with E-state index in [0.717, 1.165) is 17.1 Å². The fourth-order valence-corrected chi connectivity index (χ4v) is 3.70. The Kier molecular flexibility index (Phi) is 5.47. The molecule has 2 aliphatic rings. The van der Waals surface area contributed by atoms with Crippen molar-refractivity contribution in [3.63, 3.8) is 0 Å². The molecule has 1 N–H and O–H groups in total. The minimum atomic E-state index is -4.82. The molecule has 1 atom stereocenters. The lowest BCUT2D eigenvalue weighted by Crippen LogP contribution is -2.55. The summed E-state index contributed by atoms with van der Waals surface area (Å²) in [6.45, 7) is -0.360. The molecule has 12 heteroatoms. The first kappa shape index (κ1) is 21.9. The number of carbonyl (C=O) groups is 2. The first-order chi connectivity index (χ1) is 15.1. The van der Waals surface area contributed by atoms with E-state index in [9.17, 15) is 22.8 Å². The number of fused-ring (bicyclic) bond motifs is 3. The molecule has 0 fully saturated rings. The van der Waals surface area contributed by atoms with Crippen LogP contribution in [0.1, 0.15) is 11.1 Å². The average molecular weight is 470 g/mol. The van der Waals surface area contributed by atoms with Gasteiger partial charge in [-0.3, -0.25) is 0 Å². The Bertz CT molecular complexity index is 1110. The predicted octanol–water partition coefficient (Wildman–Crippen LogP) is 3.93. The van der Waals surface area contributed by atoms with Crippen molar-refractivity contribution in [2.75, 3.05) is 19.2 Å². The highest BCUT2D eigenvalue weighted by Gasteiger charge is 2.55. The second-order valence-corrected chi connectivity index (χ2v) is 7.36. The third kappa shape index (κ3) is 4.08. The number of esters is 1. The largest absolute Gasteiger partial charge is 0.573 e. The number of nitrogens with one attached hydrogen (secondary N) is 1. The van der Waals surface area contributed by atoms with Gasteiger partial charge in [-0.1, -0.05) is 17.7 Å². The molecule has 0 spiro atoms. The predicted molar refractivity (Wildman–Crippen MR) is 106 cm³/mol. The number of halogens is 4. The van der Waals surface area contributed by atoms with Crippen molar-refractivity contribution in [1.82, 2.24) is 5.01 Å². The summed E-state index contributed by atoms with van der Waals surface area (Å²) in [5.41, 5.74) is 0.198. The number of amides is 2. The summed E-state index contributed by atoms with van der Waals surface area (Å²) in [7, 11) is 1.22. The number of benzene rings is 2. The molecular formula is C20H15ClF3N3O5. The summed E-state index contributed by atoms with van der Waals surface area (Å²) in [6.07, 6.45) is -4.68. The lowest BCUT2D eigenvalue weighted by atomic mass is 9.97.